The maximum absolute atomic E-state index is 13.7. The molecule has 0 N–H and O–H groups in total. The number of hydrogen-bond donors (Lipinski definition) is 0. The van der Waals surface area contributed by atoms with Gasteiger partial charge in [0.2, 0.25) is 15.9 Å². The van der Waals surface area contributed by atoms with Crippen molar-refractivity contribution in [3.8, 4) is 0 Å². The van der Waals surface area contributed by atoms with Gasteiger partial charge in [0.15, 0.2) is 10.7 Å². The highest BCUT2D eigenvalue weighted by atomic mass is 32.2. The maximum Gasteiger partial charge on any atom is 0.248 e. The van der Waals surface area contributed by atoms with Crippen molar-refractivity contribution >= 4 is 28.1 Å². The molecule has 1 aromatic heterocycles. The normalized spacial score (nSPS) is 16.9. The number of piperidine rings is 1. The van der Waals surface area contributed by atoms with Crippen LogP contribution in [0.4, 0.5) is 0 Å². The van der Waals surface area contributed by atoms with Crippen LogP contribution in [-0.2, 0) is 21.4 Å². The molecule has 0 radical (unpaired) electrons. The second kappa shape index (κ2) is 10.8. The Hall–Kier alpha value is -3.23. The third-order valence-corrected chi connectivity index (χ3v) is 8.68. The van der Waals surface area contributed by atoms with E-state index in [-0.39, 0.29) is 23.1 Å². The zero-order chi connectivity index (χ0) is 25.9. The summed E-state index contributed by atoms with van der Waals surface area (Å²) in [5.74, 6) is -0.241. The summed E-state index contributed by atoms with van der Waals surface area (Å²) in [7, 11) is -2.13. The minimum absolute atomic E-state index is 0.0455. The van der Waals surface area contributed by atoms with E-state index in [1.165, 1.54) is 4.31 Å². The van der Waals surface area contributed by atoms with Crippen molar-refractivity contribution < 1.29 is 17.7 Å². The number of aromatic nitrogens is 1. The average molecular weight is 508 g/mol. The summed E-state index contributed by atoms with van der Waals surface area (Å²) in [4.78, 5) is 14.9. The first-order chi connectivity index (χ1) is 17.2. The van der Waals surface area contributed by atoms with E-state index in [1.54, 1.807) is 24.9 Å². The second-order valence-electron chi connectivity index (χ2n) is 9.54. The SMILES string of the molecule is Cc1ccc(C)c(C=Cc2onc(C)c2S(=O)(=O)N2CCCC(C(=O)N(C)Cc3ccccc3)C2)c1. The Balaban J connectivity index is 1.53. The minimum Gasteiger partial charge on any atom is -0.355 e. The average Bonchev–Trinajstić information content (AvgIpc) is 3.25. The molecular weight excluding hydrogens is 474 g/mol. The first-order valence-corrected chi connectivity index (χ1v) is 13.6. The van der Waals surface area contributed by atoms with Gasteiger partial charge < -0.3 is 9.42 Å². The van der Waals surface area contributed by atoms with Gasteiger partial charge in [-0.2, -0.15) is 4.31 Å². The van der Waals surface area contributed by atoms with Crippen LogP contribution in [0.5, 0.6) is 0 Å². The van der Waals surface area contributed by atoms with Crippen LogP contribution in [0.25, 0.3) is 12.2 Å². The van der Waals surface area contributed by atoms with Crippen LogP contribution in [0, 0.1) is 26.7 Å². The Bertz CT molecular complexity index is 1360. The molecule has 7 nitrogen and oxygen atoms in total. The van der Waals surface area contributed by atoms with Gasteiger partial charge in [0.1, 0.15) is 5.69 Å². The summed E-state index contributed by atoms with van der Waals surface area (Å²) >= 11 is 0. The van der Waals surface area contributed by atoms with Crippen molar-refractivity contribution in [2.75, 3.05) is 20.1 Å². The second-order valence-corrected chi connectivity index (χ2v) is 11.4. The van der Waals surface area contributed by atoms with Gasteiger partial charge in [-0.3, -0.25) is 4.79 Å². The highest BCUT2D eigenvalue weighted by molar-refractivity contribution is 7.89. The molecule has 1 atom stereocenters. The Kier molecular flexibility index (Phi) is 7.76. The monoisotopic (exact) mass is 507 g/mol. The summed E-state index contributed by atoms with van der Waals surface area (Å²) in [5.41, 5.74) is 4.52. The van der Waals surface area contributed by atoms with E-state index in [2.05, 4.69) is 5.16 Å². The number of carbonyl (C=O) groups is 1. The molecule has 1 aliphatic heterocycles. The molecule has 1 unspecified atom stereocenters. The summed E-state index contributed by atoms with van der Waals surface area (Å²) in [6, 6.07) is 15.9. The molecule has 2 aromatic carbocycles. The van der Waals surface area contributed by atoms with E-state index in [0.717, 1.165) is 22.3 Å². The number of rotatable bonds is 7. The molecule has 2 heterocycles. The van der Waals surface area contributed by atoms with Crippen molar-refractivity contribution in [1.82, 2.24) is 14.4 Å². The molecule has 0 saturated carbocycles. The molecule has 36 heavy (non-hydrogen) atoms. The lowest BCUT2D eigenvalue weighted by molar-refractivity contribution is -0.135. The van der Waals surface area contributed by atoms with Gasteiger partial charge >= 0.3 is 0 Å². The summed E-state index contributed by atoms with van der Waals surface area (Å²) in [6.45, 7) is 6.63. The topological polar surface area (TPSA) is 83.7 Å². The number of benzene rings is 2. The molecule has 190 valence electrons. The predicted molar refractivity (Wildman–Crippen MR) is 140 cm³/mol. The molecule has 1 amide bonds. The van der Waals surface area contributed by atoms with Crippen LogP contribution in [0.3, 0.4) is 0 Å². The van der Waals surface area contributed by atoms with Gasteiger partial charge in [-0.25, -0.2) is 8.42 Å². The van der Waals surface area contributed by atoms with Crippen molar-refractivity contribution in [3.63, 3.8) is 0 Å². The third kappa shape index (κ3) is 5.60. The van der Waals surface area contributed by atoms with E-state index >= 15 is 0 Å². The molecule has 3 aromatic rings. The third-order valence-electron chi connectivity index (χ3n) is 6.65. The Morgan fingerprint density at radius 2 is 1.89 bits per heavy atom. The van der Waals surface area contributed by atoms with Crippen molar-refractivity contribution in [2.24, 2.45) is 5.92 Å². The van der Waals surface area contributed by atoms with Crippen molar-refractivity contribution in [2.45, 2.75) is 45.1 Å². The molecule has 1 saturated heterocycles. The lowest BCUT2D eigenvalue weighted by Crippen LogP contribution is -2.45. The number of carbonyl (C=O) groups excluding carboxylic acids is 1. The van der Waals surface area contributed by atoms with Crippen LogP contribution >= 0.6 is 0 Å². The van der Waals surface area contributed by atoms with Crippen molar-refractivity contribution in [3.05, 3.63) is 82.2 Å². The largest absolute Gasteiger partial charge is 0.355 e. The molecule has 0 spiro atoms. The highest BCUT2D eigenvalue weighted by Gasteiger charge is 2.37. The first-order valence-electron chi connectivity index (χ1n) is 12.2. The van der Waals surface area contributed by atoms with Crippen LogP contribution in [0.2, 0.25) is 0 Å². The van der Waals surface area contributed by atoms with E-state index in [4.69, 9.17) is 4.52 Å². The Morgan fingerprint density at radius 1 is 1.14 bits per heavy atom. The van der Waals surface area contributed by atoms with E-state index in [9.17, 15) is 13.2 Å². The summed E-state index contributed by atoms with van der Waals surface area (Å²) in [5, 5.41) is 3.95. The van der Waals surface area contributed by atoms with Crippen LogP contribution in [0.1, 0.15) is 46.5 Å². The Labute approximate surface area is 213 Å². The van der Waals surface area contributed by atoms with Gasteiger partial charge in [0, 0.05) is 26.7 Å². The summed E-state index contributed by atoms with van der Waals surface area (Å²) in [6.07, 6.45) is 4.79. The minimum atomic E-state index is -3.90. The number of nitrogens with zero attached hydrogens (tertiary/aromatic N) is 3. The van der Waals surface area contributed by atoms with Gasteiger partial charge in [-0.15, -0.1) is 0 Å². The van der Waals surface area contributed by atoms with Crippen LogP contribution < -0.4 is 0 Å². The standard InChI is InChI=1S/C28H33N3O4S/c1-20-12-13-21(2)24(17-20)14-15-26-27(22(3)29-35-26)36(33,34)31-16-8-11-25(19-31)28(32)30(4)18-23-9-6-5-7-10-23/h5-7,9-10,12-15,17,25H,8,11,16,18-19H2,1-4H3. The fourth-order valence-corrected chi connectivity index (χ4v) is 6.42. The molecule has 4 rings (SSSR count). The van der Waals surface area contributed by atoms with E-state index < -0.39 is 15.9 Å². The number of sulfonamides is 1. The molecule has 0 aliphatic carbocycles. The smallest absolute Gasteiger partial charge is 0.248 e. The van der Waals surface area contributed by atoms with Gasteiger partial charge in [0.05, 0.1) is 5.92 Å². The quantitative estimate of drug-likeness (QED) is 0.457. The number of amides is 1. The van der Waals surface area contributed by atoms with E-state index in [1.807, 2.05) is 68.5 Å². The maximum atomic E-state index is 13.7. The Morgan fingerprint density at radius 3 is 2.64 bits per heavy atom. The zero-order valence-electron chi connectivity index (χ0n) is 21.3. The fraction of sp³-hybridized carbons (Fsp3) is 0.357. The molecule has 1 aliphatic rings. The lowest BCUT2D eigenvalue weighted by atomic mass is 9.98. The van der Waals surface area contributed by atoms with Crippen LogP contribution in [-0.4, -0.2) is 48.8 Å². The van der Waals surface area contributed by atoms with Gasteiger partial charge in [0.25, 0.3) is 0 Å². The number of aryl methyl sites for hydroxylation is 3. The fourth-order valence-electron chi connectivity index (χ4n) is 4.64. The lowest BCUT2D eigenvalue weighted by Gasteiger charge is -2.33. The van der Waals surface area contributed by atoms with Crippen LogP contribution in [0.15, 0.2) is 57.9 Å². The van der Waals surface area contributed by atoms with Gasteiger partial charge in [-0.1, -0.05) is 65.3 Å². The van der Waals surface area contributed by atoms with Gasteiger partial charge in [-0.05, 0) is 56.4 Å². The van der Waals surface area contributed by atoms with E-state index in [0.29, 0.717) is 31.6 Å². The number of hydrogen-bond acceptors (Lipinski definition) is 5. The molecule has 0 bridgehead atoms. The zero-order valence-corrected chi connectivity index (χ0v) is 22.1. The molecule has 1 fully saturated rings. The summed E-state index contributed by atoms with van der Waals surface area (Å²) < 4.78 is 34.3. The molecular formula is C28H33N3O4S. The first kappa shape index (κ1) is 25.9. The highest BCUT2D eigenvalue weighted by Crippen LogP contribution is 2.30. The predicted octanol–water partition coefficient (Wildman–Crippen LogP) is 4.83. The molecule has 8 heteroatoms. The van der Waals surface area contributed by atoms with Crippen molar-refractivity contribution in [1.29, 1.82) is 0 Å².